The van der Waals surface area contributed by atoms with E-state index < -0.39 is 18.0 Å². The number of aryl methyl sites for hydroxylation is 1. The minimum atomic E-state index is -4.16. The van der Waals surface area contributed by atoms with Crippen molar-refractivity contribution in [1.82, 2.24) is 9.97 Å². The van der Waals surface area contributed by atoms with E-state index in [1.54, 1.807) is 0 Å². The molecule has 0 atom stereocenters. The number of H-pyrrole nitrogens is 1. The van der Waals surface area contributed by atoms with Crippen molar-refractivity contribution in [3.05, 3.63) is 17.7 Å². The summed E-state index contributed by atoms with van der Waals surface area (Å²) in [6, 6.07) is 0. The van der Waals surface area contributed by atoms with Gasteiger partial charge in [-0.25, -0.2) is 13.8 Å². The molecule has 0 aliphatic carbocycles. The molecule has 0 saturated heterocycles. The highest BCUT2D eigenvalue weighted by molar-refractivity contribution is 5.15. The first-order chi connectivity index (χ1) is 5.46. The van der Waals surface area contributed by atoms with Gasteiger partial charge in [-0.15, -0.1) is 0 Å². The summed E-state index contributed by atoms with van der Waals surface area (Å²) in [6.07, 6.45) is -2.76. The molecule has 0 fully saturated rings. The number of aromatic amines is 1. The molecule has 1 aromatic heterocycles. The number of halogens is 4. The lowest BCUT2D eigenvalue weighted by Crippen LogP contribution is -2.24. The Hall–Kier alpha value is -1.07. The van der Waals surface area contributed by atoms with Crippen LogP contribution in [0.1, 0.15) is 11.4 Å². The van der Waals surface area contributed by atoms with E-state index in [1.165, 1.54) is 6.92 Å². The first-order valence-electron chi connectivity index (χ1n) is 3.12. The van der Waals surface area contributed by atoms with Crippen molar-refractivity contribution in [2.75, 3.05) is 0 Å². The van der Waals surface area contributed by atoms with E-state index in [4.69, 9.17) is 0 Å². The quantitative estimate of drug-likeness (QED) is 0.697. The van der Waals surface area contributed by atoms with E-state index in [0.717, 1.165) is 6.33 Å². The van der Waals surface area contributed by atoms with Crippen molar-refractivity contribution in [2.45, 2.75) is 19.3 Å². The third-order valence-corrected chi connectivity index (χ3v) is 1.42. The molecule has 0 unspecified atom stereocenters. The maximum absolute atomic E-state index is 12.5. The molecule has 0 saturated carbocycles. The summed E-state index contributed by atoms with van der Waals surface area (Å²) in [6.45, 7) is 1.26. The van der Waals surface area contributed by atoms with E-state index in [9.17, 15) is 17.6 Å². The minimum absolute atomic E-state index is 0.0414. The Kier molecular flexibility index (Phi) is 2.08. The van der Waals surface area contributed by atoms with Crippen molar-refractivity contribution in [3.63, 3.8) is 0 Å². The molecule has 1 N–H and O–H groups in total. The molecule has 6 heteroatoms. The number of alkyl halides is 4. The van der Waals surface area contributed by atoms with Gasteiger partial charge in [0.15, 0.2) is 0 Å². The lowest BCUT2D eigenvalue weighted by atomic mass is 10.2. The molecule has 2 nitrogen and oxygen atoms in total. The zero-order valence-electron chi connectivity index (χ0n) is 6.11. The lowest BCUT2D eigenvalue weighted by Gasteiger charge is -2.12. The molecule has 1 heterocycles. The largest absolute Gasteiger partial charge is 0.350 e. The van der Waals surface area contributed by atoms with Crippen LogP contribution in [0.2, 0.25) is 0 Å². The predicted octanol–water partition coefficient (Wildman–Crippen LogP) is 2.08. The van der Waals surface area contributed by atoms with Gasteiger partial charge in [-0.3, -0.25) is 0 Å². The number of nitrogens with one attached hydrogen (secondary N) is 1. The molecule has 0 bridgehead atoms. The van der Waals surface area contributed by atoms with E-state index in [-0.39, 0.29) is 5.69 Å². The Bertz CT molecular complexity index is 268. The van der Waals surface area contributed by atoms with E-state index >= 15 is 0 Å². The summed E-state index contributed by atoms with van der Waals surface area (Å²) in [5, 5.41) is 0. The SMILES string of the molecule is Cc1[nH]cnc1C(F)(F)C(F)F. The number of rotatable bonds is 2. The van der Waals surface area contributed by atoms with Crippen LogP contribution in [0, 0.1) is 6.92 Å². The zero-order chi connectivity index (χ0) is 9.35. The van der Waals surface area contributed by atoms with Crippen LogP contribution in [0.3, 0.4) is 0 Å². The van der Waals surface area contributed by atoms with Crippen LogP contribution in [-0.2, 0) is 5.92 Å². The molecule has 0 radical (unpaired) electrons. The number of hydrogen-bond donors (Lipinski definition) is 1. The van der Waals surface area contributed by atoms with Gasteiger partial charge in [-0.05, 0) is 6.92 Å². The Morgan fingerprint density at radius 1 is 1.50 bits per heavy atom. The summed E-state index contributed by atoms with van der Waals surface area (Å²) in [7, 11) is 0. The number of imidazole rings is 1. The molecule has 12 heavy (non-hydrogen) atoms. The van der Waals surface area contributed by atoms with Crippen molar-refractivity contribution >= 4 is 0 Å². The van der Waals surface area contributed by atoms with E-state index in [2.05, 4.69) is 9.97 Å². The fourth-order valence-electron chi connectivity index (χ4n) is 0.798. The highest BCUT2D eigenvalue weighted by atomic mass is 19.3. The number of nitrogens with zero attached hydrogens (tertiary/aromatic N) is 1. The third kappa shape index (κ3) is 1.28. The highest BCUT2D eigenvalue weighted by Gasteiger charge is 2.45. The summed E-state index contributed by atoms with van der Waals surface area (Å²) < 4.78 is 48.6. The van der Waals surface area contributed by atoms with Crippen molar-refractivity contribution in [2.24, 2.45) is 0 Å². The molecular weight excluding hydrogens is 176 g/mol. The van der Waals surface area contributed by atoms with Gasteiger partial charge in [0, 0.05) is 5.69 Å². The maximum Gasteiger partial charge on any atom is 0.350 e. The smallest absolute Gasteiger partial charge is 0.348 e. The Morgan fingerprint density at radius 2 is 2.08 bits per heavy atom. The fraction of sp³-hybridized carbons (Fsp3) is 0.500. The van der Waals surface area contributed by atoms with Crippen LogP contribution in [0.25, 0.3) is 0 Å². The van der Waals surface area contributed by atoms with Crippen LogP contribution in [0.15, 0.2) is 6.33 Å². The van der Waals surface area contributed by atoms with Gasteiger partial charge in [-0.1, -0.05) is 0 Å². The summed E-state index contributed by atoms with van der Waals surface area (Å²) >= 11 is 0. The van der Waals surface area contributed by atoms with Crippen molar-refractivity contribution in [1.29, 1.82) is 0 Å². The van der Waals surface area contributed by atoms with Gasteiger partial charge in [0.2, 0.25) is 0 Å². The Morgan fingerprint density at radius 3 is 2.42 bits per heavy atom. The third-order valence-electron chi connectivity index (χ3n) is 1.42. The Labute approximate surface area is 65.6 Å². The Balaban J connectivity index is 3.05. The highest BCUT2D eigenvalue weighted by Crippen LogP contribution is 2.34. The summed E-state index contributed by atoms with van der Waals surface area (Å²) in [5.74, 6) is -4.16. The molecule has 0 aliphatic rings. The standard InChI is InChI=1S/C6H6F4N2/c1-3-4(12-2-11-3)6(9,10)5(7)8/h2,5H,1H3,(H,11,12). The van der Waals surface area contributed by atoms with Gasteiger partial charge in [-0.2, -0.15) is 8.78 Å². The second-order valence-corrected chi connectivity index (χ2v) is 2.30. The predicted molar refractivity (Wildman–Crippen MR) is 33.2 cm³/mol. The molecule has 0 spiro atoms. The average Bonchev–Trinajstić information content (AvgIpc) is 2.35. The number of hydrogen-bond acceptors (Lipinski definition) is 1. The molecule has 0 aliphatic heterocycles. The molecule has 0 amide bonds. The van der Waals surface area contributed by atoms with Gasteiger partial charge >= 0.3 is 12.3 Å². The van der Waals surface area contributed by atoms with Gasteiger partial charge in [0.25, 0.3) is 0 Å². The van der Waals surface area contributed by atoms with Crippen LogP contribution >= 0.6 is 0 Å². The first-order valence-corrected chi connectivity index (χ1v) is 3.12. The van der Waals surface area contributed by atoms with E-state index in [1.807, 2.05) is 0 Å². The van der Waals surface area contributed by atoms with Crippen LogP contribution in [-0.4, -0.2) is 16.4 Å². The zero-order valence-corrected chi connectivity index (χ0v) is 6.11. The molecule has 68 valence electrons. The lowest BCUT2D eigenvalue weighted by molar-refractivity contribution is -0.138. The molecule has 0 aromatic carbocycles. The van der Waals surface area contributed by atoms with Gasteiger partial charge in [0.05, 0.1) is 6.33 Å². The second-order valence-electron chi connectivity index (χ2n) is 2.30. The topological polar surface area (TPSA) is 28.7 Å². The first kappa shape index (κ1) is 9.02. The van der Waals surface area contributed by atoms with Gasteiger partial charge < -0.3 is 4.98 Å². The monoisotopic (exact) mass is 182 g/mol. The normalized spacial score (nSPS) is 12.5. The summed E-state index contributed by atoms with van der Waals surface area (Å²) in [5.41, 5.74) is -0.933. The summed E-state index contributed by atoms with van der Waals surface area (Å²) in [4.78, 5) is 5.43. The van der Waals surface area contributed by atoms with Crippen LogP contribution in [0.4, 0.5) is 17.6 Å². The van der Waals surface area contributed by atoms with Crippen molar-refractivity contribution in [3.8, 4) is 0 Å². The average molecular weight is 182 g/mol. The maximum atomic E-state index is 12.5. The minimum Gasteiger partial charge on any atom is -0.348 e. The second kappa shape index (κ2) is 2.76. The van der Waals surface area contributed by atoms with E-state index in [0.29, 0.717) is 0 Å². The number of aromatic nitrogens is 2. The molecule has 1 aromatic rings. The molecule has 1 rings (SSSR count). The van der Waals surface area contributed by atoms with Gasteiger partial charge in [0.1, 0.15) is 5.69 Å². The van der Waals surface area contributed by atoms with Crippen molar-refractivity contribution < 1.29 is 17.6 Å². The van der Waals surface area contributed by atoms with Crippen LogP contribution < -0.4 is 0 Å². The van der Waals surface area contributed by atoms with Crippen LogP contribution in [0.5, 0.6) is 0 Å². The molecular formula is C6H6F4N2. The fourth-order valence-corrected chi connectivity index (χ4v) is 0.798.